The van der Waals surface area contributed by atoms with Crippen LogP contribution in [-0.4, -0.2) is 38.0 Å². The third-order valence-corrected chi connectivity index (χ3v) is 6.46. The van der Waals surface area contributed by atoms with Crippen LogP contribution in [0.4, 0.5) is 10.1 Å². The molecule has 2 amide bonds. The Morgan fingerprint density at radius 1 is 0.971 bits per heavy atom. The SMILES string of the molecule is COc1ccc(C2C(C(=O)N(C)Cc3ccccc3F)CCC(=O)N2c2ccc(OC)cc2)cc1. The molecular formula is C28H29FN2O4. The average Bonchev–Trinajstić information content (AvgIpc) is 2.89. The molecule has 1 fully saturated rings. The first-order valence-corrected chi connectivity index (χ1v) is 11.5. The van der Waals surface area contributed by atoms with Crippen LogP contribution < -0.4 is 14.4 Å². The molecule has 1 aliphatic heterocycles. The van der Waals surface area contributed by atoms with Crippen molar-refractivity contribution in [2.45, 2.75) is 25.4 Å². The van der Waals surface area contributed by atoms with Gasteiger partial charge in [0.1, 0.15) is 17.3 Å². The van der Waals surface area contributed by atoms with Gasteiger partial charge in [0.2, 0.25) is 11.8 Å². The first-order valence-electron chi connectivity index (χ1n) is 11.5. The van der Waals surface area contributed by atoms with Crippen LogP contribution in [0, 0.1) is 11.7 Å². The summed E-state index contributed by atoms with van der Waals surface area (Å²) in [6.07, 6.45) is 0.644. The molecule has 7 heteroatoms. The van der Waals surface area contributed by atoms with E-state index in [1.807, 2.05) is 36.4 Å². The smallest absolute Gasteiger partial charge is 0.228 e. The van der Waals surface area contributed by atoms with Gasteiger partial charge in [0.15, 0.2) is 0 Å². The maximum atomic E-state index is 14.3. The van der Waals surface area contributed by atoms with Crippen LogP contribution in [0.25, 0.3) is 0 Å². The number of rotatable bonds is 7. The van der Waals surface area contributed by atoms with E-state index in [1.165, 1.54) is 6.07 Å². The number of hydrogen-bond donors (Lipinski definition) is 0. The summed E-state index contributed by atoms with van der Waals surface area (Å²) in [6, 6.07) is 20.6. The van der Waals surface area contributed by atoms with Gasteiger partial charge in [-0.3, -0.25) is 9.59 Å². The van der Waals surface area contributed by atoms with E-state index in [0.717, 1.165) is 5.56 Å². The lowest BCUT2D eigenvalue weighted by Gasteiger charge is -2.42. The normalized spacial score (nSPS) is 17.7. The first-order chi connectivity index (χ1) is 16.9. The van der Waals surface area contributed by atoms with Crippen molar-refractivity contribution >= 4 is 17.5 Å². The van der Waals surface area contributed by atoms with Crippen molar-refractivity contribution in [3.63, 3.8) is 0 Å². The summed E-state index contributed by atoms with van der Waals surface area (Å²) < 4.78 is 24.8. The van der Waals surface area contributed by atoms with Gasteiger partial charge in [-0.15, -0.1) is 0 Å². The molecule has 0 aromatic heterocycles. The summed E-state index contributed by atoms with van der Waals surface area (Å²) in [5, 5.41) is 0. The number of ether oxygens (including phenoxy) is 2. The fourth-order valence-corrected chi connectivity index (χ4v) is 4.62. The number of benzene rings is 3. The van der Waals surface area contributed by atoms with Crippen LogP contribution in [0.15, 0.2) is 72.8 Å². The van der Waals surface area contributed by atoms with Gasteiger partial charge >= 0.3 is 0 Å². The van der Waals surface area contributed by atoms with Crippen LogP contribution in [0.1, 0.15) is 30.0 Å². The summed E-state index contributed by atoms with van der Waals surface area (Å²) >= 11 is 0. The molecule has 0 radical (unpaired) electrons. The molecule has 182 valence electrons. The van der Waals surface area contributed by atoms with E-state index in [2.05, 4.69) is 0 Å². The lowest BCUT2D eigenvalue weighted by atomic mass is 9.82. The van der Waals surface area contributed by atoms with Gasteiger partial charge in [0, 0.05) is 31.3 Å². The minimum absolute atomic E-state index is 0.0585. The number of amides is 2. The third-order valence-electron chi connectivity index (χ3n) is 6.46. The molecule has 1 saturated heterocycles. The second-order valence-electron chi connectivity index (χ2n) is 8.61. The van der Waals surface area contributed by atoms with Crippen LogP contribution in [-0.2, 0) is 16.1 Å². The van der Waals surface area contributed by atoms with E-state index in [1.54, 1.807) is 61.4 Å². The Labute approximate surface area is 204 Å². The minimum atomic E-state index is -0.522. The van der Waals surface area contributed by atoms with Crippen molar-refractivity contribution in [3.8, 4) is 11.5 Å². The fourth-order valence-electron chi connectivity index (χ4n) is 4.62. The molecule has 3 aromatic rings. The zero-order valence-electron chi connectivity index (χ0n) is 20.1. The summed E-state index contributed by atoms with van der Waals surface area (Å²) in [6.45, 7) is 0.147. The number of carbonyl (C=O) groups excluding carboxylic acids is 2. The van der Waals surface area contributed by atoms with E-state index in [0.29, 0.717) is 29.2 Å². The highest BCUT2D eigenvalue weighted by Gasteiger charge is 2.42. The molecule has 35 heavy (non-hydrogen) atoms. The molecule has 0 aliphatic carbocycles. The molecule has 0 bridgehead atoms. The standard InChI is InChI=1S/C28H29FN2O4/c1-30(18-20-6-4-5-7-25(20)29)28(33)24-16-17-26(32)31(21-10-14-23(35-3)15-11-21)27(24)19-8-12-22(34-2)13-9-19/h4-15,24,27H,16-18H2,1-3H3. The predicted octanol–water partition coefficient (Wildman–Crippen LogP) is 4.99. The van der Waals surface area contributed by atoms with Crippen molar-refractivity contribution < 1.29 is 23.5 Å². The van der Waals surface area contributed by atoms with Crippen LogP contribution >= 0.6 is 0 Å². The summed E-state index contributed by atoms with van der Waals surface area (Å²) in [7, 11) is 4.85. The molecule has 1 heterocycles. The third kappa shape index (κ3) is 5.14. The maximum Gasteiger partial charge on any atom is 0.228 e. The monoisotopic (exact) mass is 476 g/mol. The predicted molar refractivity (Wildman–Crippen MR) is 132 cm³/mol. The molecule has 0 saturated carbocycles. The van der Waals surface area contributed by atoms with Crippen molar-refractivity contribution in [2.24, 2.45) is 5.92 Å². The van der Waals surface area contributed by atoms with Gasteiger partial charge in [-0.25, -0.2) is 4.39 Å². The van der Waals surface area contributed by atoms with Crippen molar-refractivity contribution in [1.82, 2.24) is 4.90 Å². The molecule has 2 atom stereocenters. The summed E-state index contributed by atoms with van der Waals surface area (Å²) in [4.78, 5) is 30.2. The van der Waals surface area contributed by atoms with Crippen molar-refractivity contribution in [1.29, 1.82) is 0 Å². The van der Waals surface area contributed by atoms with Crippen LogP contribution in [0.2, 0.25) is 0 Å². The minimum Gasteiger partial charge on any atom is -0.497 e. The number of anilines is 1. The van der Waals surface area contributed by atoms with Crippen molar-refractivity contribution in [3.05, 3.63) is 89.7 Å². The fraction of sp³-hybridized carbons (Fsp3) is 0.286. The van der Waals surface area contributed by atoms with E-state index < -0.39 is 12.0 Å². The van der Waals surface area contributed by atoms with Crippen LogP contribution in [0.3, 0.4) is 0 Å². The Bertz CT molecular complexity index is 1180. The second kappa shape index (κ2) is 10.6. The lowest BCUT2D eigenvalue weighted by molar-refractivity contribution is -0.137. The lowest BCUT2D eigenvalue weighted by Crippen LogP contribution is -2.48. The molecule has 2 unspecified atom stereocenters. The highest BCUT2D eigenvalue weighted by molar-refractivity contribution is 5.97. The van der Waals surface area contributed by atoms with Crippen LogP contribution in [0.5, 0.6) is 11.5 Å². The zero-order chi connectivity index (χ0) is 24.9. The van der Waals surface area contributed by atoms with E-state index >= 15 is 0 Å². The van der Waals surface area contributed by atoms with E-state index in [9.17, 15) is 14.0 Å². The molecular weight excluding hydrogens is 447 g/mol. The topological polar surface area (TPSA) is 59.1 Å². The van der Waals surface area contributed by atoms with Gasteiger partial charge in [-0.2, -0.15) is 0 Å². The van der Waals surface area contributed by atoms with Gasteiger partial charge in [-0.1, -0.05) is 30.3 Å². The number of nitrogens with zero attached hydrogens (tertiary/aromatic N) is 2. The Hall–Kier alpha value is -3.87. The molecule has 1 aliphatic rings. The maximum absolute atomic E-state index is 14.3. The van der Waals surface area contributed by atoms with Gasteiger partial charge in [-0.05, 0) is 54.4 Å². The largest absolute Gasteiger partial charge is 0.497 e. The van der Waals surface area contributed by atoms with Crippen molar-refractivity contribution in [2.75, 3.05) is 26.2 Å². The first kappa shape index (κ1) is 24.3. The summed E-state index contributed by atoms with van der Waals surface area (Å²) in [5.74, 6) is 0.317. The van der Waals surface area contributed by atoms with Gasteiger partial charge < -0.3 is 19.3 Å². The Morgan fingerprint density at radius 3 is 2.17 bits per heavy atom. The zero-order valence-corrected chi connectivity index (χ0v) is 20.1. The molecule has 0 spiro atoms. The molecule has 3 aromatic carbocycles. The van der Waals surface area contributed by atoms with Gasteiger partial charge in [0.05, 0.1) is 26.2 Å². The summed E-state index contributed by atoms with van der Waals surface area (Å²) in [5.41, 5.74) is 1.96. The highest BCUT2D eigenvalue weighted by atomic mass is 19.1. The molecule has 6 nitrogen and oxygen atoms in total. The Balaban J connectivity index is 1.71. The van der Waals surface area contributed by atoms with Gasteiger partial charge in [0.25, 0.3) is 0 Å². The number of hydrogen-bond acceptors (Lipinski definition) is 4. The molecule has 4 rings (SSSR count). The highest BCUT2D eigenvalue weighted by Crippen LogP contribution is 2.41. The second-order valence-corrected chi connectivity index (χ2v) is 8.61. The van der Waals surface area contributed by atoms with E-state index in [4.69, 9.17) is 9.47 Å². The number of methoxy groups -OCH3 is 2. The molecule has 0 N–H and O–H groups in total. The number of piperidine rings is 1. The quantitative estimate of drug-likeness (QED) is 0.482. The number of carbonyl (C=O) groups is 2. The number of halogens is 1. The van der Waals surface area contributed by atoms with E-state index in [-0.39, 0.29) is 30.6 Å². The average molecular weight is 477 g/mol. The Morgan fingerprint density at radius 2 is 1.57 bits per heavy atom. The Kier molecular flexibility index (Phi) is 7.34.